The van der Waals surface area contributed by atoms with Gasteiger partial charge >= 0.3 is 0 Å². The largest absolute Gasteiger partial charge is 0.382 e. The number of nitrogens with zero attached hydrogens (tertiary/aromatic N) is 2. The second-order valence-electron chi connectivity index (χ2n) is 4.74. The van der Waals surface area contributed by atoms with E-state index in [1.54, 1.807) is 0 Å². The summed E-state index contributed by atoms with van der Waals surface area (Å²) in [6, 6.07) is 0. The van der Waals surface area contributed by atoms with Gasteiger partial charge in [0.2, 0.25) is 0 Å². The van der Waals surface area contributed by atoms with E-state index in [1.165, 1.54) is 6.42 Å². The van der Waals surface area contributed by atoms with Gasteiger partial charge in [0, 0.05) is 19.3 Å². The molecule has 3 heteroatoms. The van der Waals surface area contributed by atoms with Crippen molar-refractivity contribution < 1.29 is 0 Å². The molecule has 0 aliphatic heterocycles. The Hall–Kier alpha value is -0.990. The summed E-state index contributed by atoms with van der Waals surface area (Å²) in [5, 5.41) is 7.72. The Morgan fingerprint density at radius 2 is 2.13 bits per heavy atom. The van der Waals surface area contributed by atoms with Gasteiger partial charge in [0.25, 0.3) is 0 Å². The van der Waals surface area contributed by atoms with Crippen LogP contribution < -0.4 is 5.32 Å². The van der Waals surface area contributed by atoms with Crippen LogP contribution in [0.5, 0.6) is 0 Å². The molecule has 0 saturated carbocycles. The molecule has 0 aromatic carbocycles. The van der Waals surface area contributed by atoms with Crippen LogP contribution in [0, 0.1) is 11.8 Å². The summed E-state index contributed by atoms with van der Waals surface area (Å²) in [7, 11) is 0. The Morgan fingerprint density at radius 1 is 1.40 bits per heavy atom. The van der Waals surface area contributed by atoms with Crippen LogP contribution in [-0.4, -0.2) is 16.3 Å². The van der Waals surface area contributed by atoms with Crippen molar-refractivity contribution in [2.45, 2.75) is 40.7 Å². The zero-order valence-corrected chi connectivity index (χ0v) is 10.3. The van der Waals surface area contributed by atoms with Gasteiger partial charge < -0.3 is 5.32 Å². The fraction of sp³-hybridized carbons (Fsp3) is 0.750. The Bertz CT molecular complexity index is 278. The SMILES string of the molecule is CCC(C)CNc1cnn(CC(C)C)c1. The minimum absolute atomic E-state index is 0.646. The van der Waals surface area contributed by atoms with Crippen LogP contribution in [-0.2, 0) is 6.54 Å². The number of rotatable bonds is 6. The summed E-state index contributed by atoms with van der Waals surface area (Å²) in [4.78, 5) is 0. The van der Waals surface area contributed by atoms with Crippen LogP contribution in [0.2, 0.25) is 0 Å². The lowest BCUT2D eigenvalue weighted by molar-refractivity contribution is 0.483. The van der Waals surface area contributed by atoms with Crippen LogP contribution >= 0.6 is 0 Å². The van der Waals surface area contributed by atoms with E-state index in [0.717, 1.165) is 24.7 Å². The number of aromatic nitrogens is 2. The average molecular weight is 209 g/mol. The van der Waals surface area contributed by atoms with Crippen LogP contribution in [0.15, 0.2) is 12.4 Å². The van der Waals surface area contributed by atoms with E-state index in [0.29, 0.717) is 5.92 Å². The minimum atomic E-state index is 0.646. The highest BCUT2D eigenvalue weighted by molar-refractivity contribution is 5.37. The highest BCUT2D eigenvalue weighted by Crippen LogP contribution is 2.09. The van der Waals surface area contributed by atoms with Gasteiger partial charge in [-0.05, 0) is 11.8 Å². The number of anilines is 1. The fourth-order valence-electron chi connectivity index (χ4n) is 1.37. The molecule has 0 amide bonds. The molecule has 86 valence electrons. The third-order valence-corrected chi connectivity index (χ3v) is 2.54. The van der Waals surface area contributed by atoms with E-state index in [4.69, 9.17) is 0 Å². The van der Waals surface area contributed by atoms with Gasteiger partial charge in [-0.15, -0.1) is 0 Å². The summed E-state index contributed by atoms with van der Waals surface area (Å²) in [6.45, 7) is 10.9. The van der Waals surface area contributed by atoms with Crippen molar-refractivity contribution >= 4 is 5.69 Å². The second kappa shape index (κ2) is 5.79. The molecule has 0 aliphatic rings. The maximum Gasteiger partial charge on any atom is 0.0726 e. The van der Waals surface area contributed by atoms with Gasteiger partial charge in [-0.3, -0.25) is 4.68 Å². The number of nitrogens with one attached hydrogen (secondary N) is 1. The monoisotopic (exact) mass is 209 g/mol. The standard InChI is InChI=1S/C12H23N3/c1-5-11(4)6-13-12-7-14-15(9-12)8-10(2)3/h7,9-11,13H,5-6,8H2,1-4H3. The van der Waals surface area contributed by atoms with E-state index in [9.17, 15) is 0 Å². The van der Waals surface area contributed by atoms with Gasteiger partial charge in [-0.2, -0.15) is 5.10 Å². The molecule has 1 aromatic rings. The summed E-state index contributed by atoms with van der Waals surface area (Å²) >= 11 is 0. The summed E-state index contributed by atoms with van der Waals surface area (Å²) in [5.41, 5.74) is 1.14. The Balaban J connectivity index is 2.39. The average Bonchev–Trinajstić information content (AvgIpc) is 2.61. The van der Waals surface area contributed by atoms with Crippen LogP contribution in [0.25, 0.3) is 0 Å². The van der Waals surface area contributed by atoms with Crippen LogP contribution in [0.1, 0.15) is 34.1 Å². The molecule has 1 atom stereocenters. The van der Waals surface area contributed by atoms with Gasteiger partial charge in [-0.1, -0.05) is 34.1 Å². The van der Waals surface area contributed by atoms with E-state index < -0.39 is 0 Å². The zero-order chi connectivity index (χ0) is 11.3. The topological polar surface area (TPSA) is 29.9 Å². The molecule has 0 aliphatic carbocycles. The molecular weight excluding hydrogens is 186 g/mol. The van der Waals surface area contributed by atoms with Crippen LogP contribution in [0.4, 0.5) is 5.69 Å². The Labute approximate surface area is 92.9 Å². The molecule has 1 rings (SSSR count). The predicted molar refractivity (Wildman–Crippen MR) is 65.0 cm³/mol. The maximum absolute atomic E-state index is 4.31. The highest BCUT2D eigenvalue weighted by Gasteiger charge is 2.02. The van der Waals surface area contributed by atoms with Crippen molar-refractivity contribution in [2.75, 3.05) is 11.9 Å². The van der Waals surface area contributed by atoms with Crippen molar-refractivity contribution in [3.05, 3.63) is 12.4 Å². The van der Waals surface area contributed by atoms with Gasteiger partial charge in [-0.25, -0.2) is 0 Å². The third kappa shape index (κ3) is 4.36. The summed E-state index contributed by atoms with van der Waals surface area (Å²) in [6.07, 6.45) is 5.21. The number of hydrogen-bond donors (Lipinski definition) is 1. The normalized spacial score (nSPS) is 13.1. The first-order chi connectivity index (χ1) is 7.11. The smallest absolute Gasteiger partial charge is 0.0726 e. The third-order valence-electron chi connectivity index (χ3n) is 2.54. The van der Waals surface area contributed by atoms with Gasteiger partial charge in [0.05, 0.1) is 11.9 Å². The lowest BCUT2D eigenvalue weighted by Crippen LogP contribution is -2.09. The maximum atomic E-state index is 4.31. The molecule has 3 nitrogen and oxygen atoms in total. The molecule has 1 heterocycles. The van der Waals surface area contributed by atoms with Crippen molar-refractivity contribution in [3.63, 3.8) is 0 Å². The predicted octanol–water partition coefficient (Wildman–Crippen LogP) is 3.00. The van der Waals surface area contributed by atoms with E-state index in [2.05, 4.69) is 44.3 Å². The van der Waals surface area contributed by atoms with Crippen molar-refractivity contribution in [3.8, 4) is 0 Å². The molecule has 1 aromatic heterocycles. The molecule has 0 fully saturated rings. The van der Waals surface area contributed by atoms with Crippen molar-refractivity contribution in [1.29, 1.82) is 0 Å². The number of hydrogen-bond acceptors (Lipinski definition) is 2. The molecule has 0 radical (unpaired) electrons. The van der Waals surface area contributed by atoms with E-state index in [1.807, 2.05) is 10.9 Å². The zero-order valence-electron chi connectivity index (χ0n) is 10.3. The van der Waals surface area contributed by atoms with Gasteiger partial charge in [0.15, 0.2) is 0 Å². The van der Waals surface area contributed by atoms with Gasteiger partial charge in [0.1, 0.15) is 0 Å². The molecule has 0 bridgehead atoms. The highest BCUT2D eigenvalue weighted by atomic mass is 15.3. The first-order valence-corrected chi connectivity index (χ1v) is 5.88. The summed E-state index contributed by atoms with van der Waals surface area (Å²) in [5.74, 6) is 1.37. The van der Waals surface area contributed by atoms with Crippen LogP contribution in [0.3, 0.4) is 0 Å². The van der Waals surface area contributed by atoms with Crippen molar-refractivity contribution in [2.24, 2.45) is 11.8 Å². The lowest BCUT2D eigenvalue weighted by atomic mass is 10.1. The quantitative estimate of drug-likeness (QED) is 0.780. The van der Waals surface area contributed by atoms with Crippen molar-refractivity contribution in [1.82, 2.24) is 9.78 Å². The molecule has 1 N–H and O–H groups in total. The molecule has 1 unspecified atom stereocenters. The first-order valence-electron chi connectivity index (χ1n) is 5.88. The first kappa shape index (κ1) is 12.1. The summed E-state index contributed by atoms with van der Waals surface area (Å²) < 4.78 is 2.00. The minimum Gasteiger partial charge on any atom is -0.382 e. The lowest BCUT2D eigenvalue weighted by Gasteiger charge is -2.09. The molecular formula is C12H23N3. The molecule has 0 saturated heterocycles. The second-order valence-corrected chi connectivity index (χ2v) is 4.74. The Kier molecular flexibility index (Phi) is 4.66. The van der Waals surface area contributed by atoms with E-state index in [-0.39, 0.29) is 0 Å². The molecule has 0 spiro atoms. The Morgan fingerprint density at radius 3 is 2.73 bits per heavy atom. The fourth-order valence-corrected chi connectivity index (χ4v) is 1.37. The van der Waals surface area contributed by atoms with E-state index >= 15 is 0 Å². The molecule has 15 heavy (non-hydrogen) atoms.